The van der Waals surface area contributed by atoms with Gasteiger partial charge in [0.2, 0.25) is 0 Å². The van der Waals surface area contributed by atoms with E-state index in [1.165, 1.54) is 29.9 Å². The van der Waals surface area contributed by atoms with E-state index in [9.17, 15) is 0 Å². The van der Waals surface area contributed by atoms with Crippen molar-refractivity contribution in [2.75, 3.05) is 6.54 Å². The Morgan fingerprint density at radius 1 is 1.36 bits per heavy atom. The first-order valence-corrected chi connectivity index (χ1v) is 4.92. The van der Waals surface area contributed by atoms with Gasteiger partial charge in [0.05, 0.1) is 5.71 Å². The van der Waals surface area contributed by atoms with E-state index in [0.717, 1.165) is 6.54 Å². The highest BCUT2D eigenvalue weighted by molar-refractivity contribution is 7.12. The fourth-order valence-corrected chi connectivity index (χ4v) is 2.10. The number of rotatable bonds is 1. The maximum Gasteiger partial charge on any atom is 0.0520 e. The van der Waals surface area contributed by atoms with Crippen LogP contribution in [0, 0.1) is 0 Å². The molecule has 0 atom stereocenters. The fourth-order valence-electron chi connectivity index (χ4n) is 1.34. The predicted octanol–water partition coefficient (Wildman–Crippen LogP) is 2.72. The summed E-state index contributed by atoms with van der Waals surface area (Å²) in [7, 11) is 0. The molecule has 58 valence electrons. The van der Waals surface area contributed by atoms with E-state index < -0.39 is 0 Å². The SMILES string of the molecule is c1csc(C2=NCCCC2)c1. The third kappa shape index (κ3) is 1.51. The van der Waals surface area contributed by atoms with Crippen LogP contribution in [0.2, 0.25) is 0 Å². The molecule has 1 aromatic rings. The van der Waals surface area contributed by atoms with Crippen molar-refractivity contribution in [1.29, 1.82) is 0 Å². The van der Waals surface area contributed by atoms with Crippen LogP contribution in [0.25, 0.3) is 0 Å². The quantitative estimate of drug-likeness (QED) is 0.606. The number of hydrogen-bond acceptors (Lipinski definition) is 2. The molecule has 11 heavy (non-hydrogen) atoms. The third-order valence-corrected chi connectivity index (χ3v) is 2.85. The largest absolute Gasteiger partial charge is 0.288 e. The van der Waals surface area contributed by atoms with Gasteiger partial charge in [-0.05, 0) is 30.7 Å². The standard InChI is InChI=1S/C9H11NS/c1-2-6-10-8(4-1)9-5-3-7-11-9/h3,5,7H,1-2,4,6H2. The second-order valence-electron chi connectivity index (χ2n) is 2.76. The minimum absolute atomic E-state index is 1.03. The van der Waals surface area contributed by atoms with Crippen molar-refractivity contribution >= 4 is 17.0 Å². The van der Waals surface area contributed by atoms with Crippen LogP contribution in [-0.2, 0) is 0 Å². The average Bonchev–Trinajstić information content (AvgIpc) is 2.58. The number of hydrogen-bond donors (Lipinski definition) is 0. The molecular formula is C9H11NS. The molecule has 0 unspecified atom stereocenters. The molecule has 2 heteroatoms. The summed E-state index contributed by atoms with van der Waals surface area (Å²) >= 11 is 1.80. The van der Waals surface area contributed by atoms with Crippen LogP contribution >= 0.6 is 11.3 Å². The van der Waals surface area contributed by atoms with E-state index in [1.807, 2.05) is 0 Å². The monoisotopic (exact) mass is 165 g/mol. The summed E-state index contributed by atoms with van der Waals surface area (Å²) in [4.78, 5) is 5.86. The molecule has 0 N–H and O–H groups in total. The lowest BCUT2D eigenvalue weighted by Gasteiger charge is -2.08. The van der Waals surface area contributed by atoms with Gasteiger partial charge in [0, 0.05) is 11.4 Å². The predicted molar refractivity (Wildman–Crippen MR) is 49.6 cm³/mol. The molecule has 2 heterocycles. The highest BCUT2D eigenvalue weighted by atomic mass is 32.1. The Balaban J connectivity index is 2.22. The van der Waals surface area contributed by atoms with Gasteiger partial charge in [0.1, 0.15) is 0 Å². The van der Waals surface area contributed by atoms with Crippen LogP contribution in [0.15, 0.2) is 22.5 Å². The van der Waals surface area contributed by atoms with Gasteiger partial charge in [-0.25, -0.2) is 0 Å². The second kappa shape index (κ2) is 3.18. The van der Waals surface area contributed by atoms with Crippen molar-refractivity contribution in [2.24, 2.45) is 4.99 Å². The lowest BCUT2D eigenvalue weighted by molar-refractivity contribution is 0.739. The Morgan fingerprint density at radius 3 is 3.00 bits per heavy atom. The van der Waals surface area contributed by atoms with Crippen molar-refractivity contribution < 1.29 is 0 Å². The Labute approximate surface area is 70.8 Å². The van der Waals surface area contributed by atoms with Gasteiger partial charge in [-0.3, -0.25) is 4.99 Å². The smallest absolute Gasteiger partial charge is 0.0520 e. The van der Waals surface area contributed by atoms with Crippen LogP contribution < -0.4 is 0 Å². The van der Waals surface area contributed by atoms with E-state index in [0.29, 0.717) is 0 Å². The second-order valence-corrected chi connectivity index (χ2v) is 3.71. The lowest BCUT2D eigenvalue weighted by Crippen LogP contribution is -2.05. The van der Waals surface area contributed by atoms with E-state index >= 15 is 0 Å². The summed E-state index contributed by atoms with van der Waals surface area (Å²) < 4.78 is 0. The zero-order chi connectivity index (χ0) is 7.52. The maximum atomic E-state index is 4.50. The Bertz CT molecular complexity index is 249. The van der Waals surface area contributed by atoms with Crippen molar-refractivity contribution in [2.45, 2.75) is 19.3 Å². The van der Waals surface area contributed by atoms with E-state index in [-0.39, 0.29) is 0 Å². The summed E-state index contributed by atoms with van der Waals surface area (Å²) in [5, 5.41) is 2.12. The summed E-state index contributed by atoms with van der Waals surface area (Å²) in [6.45, 7) is 1.03. The van der Waals surface area contributed by atoms with Crippen molar-refractivity contribution in [3.8, 4) is 0 Å². The van der Waals surface area contributed by atoms with E-state index in [1.54, 1.807) is 11.3 Å². The molecule has 2 rings (SSSR count). The van der Waals surface area contributed by atoms with Gasteiger partial charge in [-0.15, -0.1) is 11.3 Å². The van der Waals surface area contributed by atoms with Gasteiger partial charge in [-0.2, -0.15) is 0 Å². The van der Waals surface area contributed by atoms with Crippen LogP contribution in [-0.4, -0.2) is 12.3 Å². The molecule has 0 radical (unpaired) electrons. The molecule has 1 aliphatic rings. The first kappa shape index (κ1) is 7.04. The topological polar surface area (TPSA) is 12.4 Å². The molecule has 0 saturated heterocycles. The minimum atomic E-state index is 1.03. The Morgan fingerprint density at radius 2 is 2.36 bits per heavy atom. The Hall–Kier alpha value is -0.630. The van der Waals surface area contributed by atoms with Crippen LogP contribution in [0.5, 0.6) is 0 Å². The van der Waals surface area contributed by atoms with Crippen LogP contribution in [0.4, 0.5) is 0 Å². The van der Waals surface area contributed by atoms with Gasteiger partial charge in [0.25, 0.3) is 0 Å². The van der Waals surface area contributed by atoms with Crippen molar-refractivity contribution in [1.82, 2.24) is 0 Å². The molecule has 0 saturated carbocycles. The normalized spacial score (nSPS) is 18.0. The van der Waals surface area contributed by atoms with Crippen LogP contribution in [0.3, 0.4) is 0 Å². The van der Waals surface area contributed by atoms with Crippen molar-refractivity contribution in [3.05, 3.63) is 22.4 Å². The van der Waals surface area contributed by atoms with Gasteiger partial charge >= 0.3 is 0 Å². The van der Waals surface area contributed by atoms with E-state index in [4.69, 9.17) is 0 Å². The molecule has 1 aromatic heterocycles. The lowest BCUT2D eigenvalue weighted by atomic mass is 10.1. The van der Waals surface area contributed by atoms with Gasteiger partial charge < -0.3 is 0 Å². The van der Waals surface area contributed by atoms with Gasteiger partial charge in [0.15, 0.2) is 0 Å². The zero-order valence-electron chi connectivity index (χ0n) is 6.42. The number of thiophene rings is 1. The molecule has 1 nitrogen and oxygen atoms in total. The summed E-state index contributed by atoms with van der Waals surface area (Å²) in [5.41, 5.74) is 1.33. The highest BCUT2D eigenvalue weighted by Gasteiger charge is 2.07. The van der Waals surface area contributed by atoms with Crippen molar-refractivity contribution in [3.63, 3.8) is 0 Å². The molecule has 0 amide bonds. The Kier molecular flexibility index (Phi) is 2.04. The zero-order valence-corrected chi connectivity index (χ0v) is 7.23. The molecule has 1 aliphatic heterocycles. The molecule has 0 spiro atoms. The summed E-state index contributed by atoms with van der Waals surface area (Å²) in [6.07, 6.45) is 3.77. The van der Waals surface area contributed by atoms with Crippen LogP contribution in [0.1, 0.15) is 24.1 Å². The molecule has 0 bridgehead atoms. The fraction of sp³-hybridized carbons (Fsp3) is 0.444. The highest BCUT2D eigenvalue weighted by Crippen LogP contribution is 2.17. The summed E-state index contributed by atoms with van der Waals surface area (Å²) in [5.74, 6) is 0. The average molecular weight is 165 g/mol. The molecule has 0 aliphatic carbocycles. The molecule has 0 aromatic carbocycles. The first-order chi connectivity index (χ1) is 5.47. The number of aliphatic imine (C=N–C) groups is 1. The third-order valence-electron chi connectivity index (χ3n) is 1.93. The van der Waals surface area contributed by atoms with E-state index in [2.05, 4.69) is 22.5 Å². The van der Waals surface area contributed by atoms with Gasteiger partial charge in [-0.1, -0.05) is 6.07 Å². The number of nitrogens with zero attached hydrogens (tertiary/aromatic N) is 1. The first-order valence-electron chi connectivity index (χ1n) is 4.04. The minimum Gasteiger partial charge on any atom is -0.288 e. The summed E-state index contributed by atoms with van der Waals surface area (Å²) in [6, 6.07) is 4.26. The maximum absolute atomic E-state index is 4.50. The molecule has 0 fully saturated rings. The molecular weight excluding hydrogens is 154 g/mol.